The lowest BCUT2D eigenvalue weighted by atomic mass is 9.46. The molecular weight excluding hydrogens is 534 g/mol. The van der Waals surface area contributed by atoms with Gasteiger partial charge < -0.3 is 21.5 Å². The van der Waals surface area contributed by atoms with Gasteiger partial charge in [0.05, 0.1) is 11.4 Å². The fourth-order valence-corrected chi connectivity index (χ4v) is 11.5. The predicted octanol–water partition coefficient (Wildman–Crippen LogP) is 5.23. The van der Waals surface area contributed by atoms with Gasteiger partial charge in [0, 0.05) is 6.04 Å². The average molecular weight is 598 g/mol. The van der Waals surface area contributed by atoms with E-state index < -0.39 is 15.4 Å². The van der Waals surface area contributed by atoms with E-state index in [0.717, 1.165) is 58.3 Å². The van der Waals surface area contributed by atoms with Gasteiger partial charge in [0.2, 0.25) is 0 Å². The Bertz CT molecular complexity index is 916. The minimum Gasteiger partial charge on any atom is -0.393 e. The molecule has 240 valence electrons. The Morgan fingerprint density at radius 1 is 0.927 bits per heavy atom. The van der Waals surface area contributed by atoms with Gasteiger partial charge in [0.25, 0.3) is 10.1 Å². The fraction of sp³-hybridized carbons (Fsp3) is 1.00. The molecule has 7 unspecified atom stereocenters. The highest BCUT2D eigenvalue weighted by Crippen LogP contribution is 2.64. The lowest BCUT2D eigenvalue weighted by Crippen LogP contribution is -2.57. The maximum atomic E-state index is 11.9. The van der Waals surface area contributed by atoms with E-state index in [2.05, 4.69) is 24.5 Å². The number of hydrogen-bond acceptors (Lipinski definition) is 6. The van der Waals surface area contributed by atoms with Crippen molar-refractivity contribution in [1.82, 2.24) is 10.6 Å². The van der Waals surface area contributed by atoms with Gasteiger partial charge in [-0.2, -0.15) is 8.42 Å². The van der Waals surface area contributed by atoms with Gasteiger partial charge in [-0.3, -0.25) is 4.55 Å². The third-order valence-electron chi connectivity index (χ3n) is 12.6. The highest BCUT2D eigenvalue weighted by molar-refractivity contribution is 7.86. The zero-order chi connectivity index (χ0) is 29.8. The number of unbranched alkanes of at least 4 members (excludes halogenated alkanes) is 1. The molecule has 0 amide bonds. The fourth-order valence-electron chi connectivity index (χ4n) is 10.3. The van der Waals surface area contributed by atoms with Crippen LogP contribution in [0.15, 0.2) is 0 Å². The topological polar surface area (TPSA) is 125 Å². The molecule has 0 aromatic rings. The van der Waals surface area contributed by atoms with Crippen molar-refractivity contribution in [3.05, 3.63) is 0 Å². The summed E-state index contributed by atoms with van der Waals surface area (Å²) in [6.07, 6.45) is 14.3. The molecule has 4 rings (SSSR count). The van der Waals surface area contributed by atoms with Crippen molar-refractivity contribution in [2.45, 2.75) is 129 Å². The normalized spacial score (nSPS) is 38.7. The smallest absolute Gasteiger partial charge is 0.268 e. The molecule has 0 saturated heterocycles. The van der Waals surface area contributed by atoms with Crippen molar-refractivity contribution in [1.29, 1.82) is 0 Å². The quantitative estimate of drug-likeness (QED) is 0.129. The number of fused-ring (bicyclic) bond motifs is 5. The molecule has 0 heterocycles. The lowest BCUT2D eigenvalue weighted by Gasteiger charge is -2.60. The van der Waals surface area contributed by atoms with Crippen LogP contribution in [0.1, 0.15) is 111 Å². The van der Waals surface area contributed by atoms with E-state index in [0.29, 0.717) is 59.3 Å². The maximum Gasteiger partial charge on any atom is 0.268 e. The lowest BCUT2D eigenvalue weighted by molar-refractivity contribution is -0.149. The van der Waals surface area contributed by atoms with Crippen LogP contribution in [-0.2, 0) is 10.1 Å². The molecule has 4 aliphatic rings. The zero-order valence-electron chi connectivity index (χ0n) is 26.6. The monoisotopic (exact) mass is 597 g/mol. The Morgan fingerprint density at radius 2 is 1.66 bits per heavy atom. The highest BCUT2D eigenvalue weighted by atomic mass is 32.2. The summed E-state index contributed by atoms with van der Waals surface area (Å²) in [7, 11) is -4.01. The Morgan fingerprint density at radius 3 is 2.37 bits per heavy atom. The van der Waals surface area contributed by atoms with E-state index in [9.17, 15) is 18.1 Å². The van der Waals surface area contributed by atoms with Crippen LogP contribution in [0.5, 0.6) is 0 Å². The first-order valence-corrected chi connectivity index (χ1v) is 18.8. The van der Waals surface area contributed by atoms with Gasteiger partial charge in [0.15, 0.2) is 0 Å². The van der Waals surface area contributed by atoms with Crippen LogP contribution in [0.4, 0.5) is 0 Å². The van der Waals surface area contributed by atoms with Crippen molar-refractivity contribution in [2.24, 2.45) is 58.5 Å². The molecule has 0 aromatic carbocycles. The van der Waals surface area contributed by atoms with E-state index in [1.54, 1.807) is 0 Å². The van der Waals surface area contributed by atoms with Gasteiger partial charge in [-0.1, -0.05) is 27.7 Å². The molecule has 11 atom stereocenters. The first-order valence-electron chi connectivity index (χ1n) is 17.3. The van der Waals surface area contributed by atoms with Gasteiger partial charge in [0.1, 0.15) is 0 Å². The van der Waals surface area contributed by atoms with Crippen LogP contribution in [0, 0.1) is 52.8 Å². The van der Waals surface area contributed by atoms with Crippen LogP contribution in [-0.4, -0.2) is 61.7 Å². The van der Waals surface area contributed by atoms with E-state index in [1.807, 2.05) is 13.8 Å². The Hall–Kier alpha value is -0.250. The van der Waals surface area contributed by atoms with Crippen LogP contribution >= 0.6 is 0 Å². The molecule has 8 heteroatoms. The molecule has 41 heavy (non-hydrogen) atoms. The highest BCUT2D eigenvalue weighted by Gasteiger charge is 2.59. The summed E-state index contributed by atoms with van der Waals surface area (Å²) in [6.45, 7) is 12.6. The van der Waals surface area contributed by atoms with E-state index in [1.165, 1.54) is 44.9 Å². The zero-order valence-corrected chi connectivity index (χ0v) is 27.4. The molecule has 0 bridgehead atoms. The van der Waals surface area contributed by atoms with Crippen LogP contribution < -0.4 is 16.4 Å². The molecule has 6 N–H and O–H groups in total. The Kier molecular flexibility index (Phi) is 12.0. The summed E-state index contributed by atoms with van der Waals surface area (Å²) in [6, 6.07) is 0.583. The second-order valence-corrected chi connectivity index (χ2v) is 16.8. The molecule has 4 saturated carbocycles. The number of nitrogens with one attached hydrogen (secondary N) is 2. The molecule has 4 aliphatic carbocycles. The van der Waals surface area contributed by atoms with Crippen LogP contribution in [0.25, 0.3) is 0 Å². The first kappa shape index (κ1) is 33.6. The first-order chi connectivity index (χ1) is 19.5. The average Bonchev–Trinajstić information content (AvgIpc) is 3.34. The van der Waals surface area contributed by atoms with Gasteiger partial charge >= 0.3 is 0 Å². The molecule has 0 radical (unpaired) electrons. The van der Waals surface area contributed by atoms with E-state index in [-0.39, 0.29) is 12.0 Å². The van der Waals surface area contributed by atoms with Crippen LogP contribution in [0.2, 0.25) is 0 Å². The summed E-state index contributed by atoms with van der Waals surface area (Å²) < 4.78 is 33.6. The standard InChI is InChI=1S/C33H63N3O4S/c1-22(2)31(41(38,39)40)13-8-23(3)26-9-10-28-27(26)11-12-29-32(28)30(37)21-24-20-25(14-15-33(24,29)4)36-19-7-18-35-17-6-5-16-34/h22-32,35-37H,5-21,34H2,1-4H3,(H,38,39,40)/t23-,24-,25?,26?,27?,28?,29+,30-,31?,32?,33?/m1/s1. The van der Waals surface area contributed by atoms with Gasteiger partial charge in [-0.05, 0) is 162 Å². The Labute approximate surface area is 251 Å². The summed E-state index contributed by atoms with van der Waals surface area (Å²) in [5, 5.41) is 18.4. The second kappa shape index (κ2) is 14.7. The second-order valence-electron chi connectivity index (χ2n) is 15.2. The van der Waals surface area contributed by atoms with Gasteiger partial charge in [-0.15, -0.1) is 0 Å². The predicted molar refractivity (Wildman–Crippen MR) is 168 cm³/mol. The van der Waals surface area contributed by atoms with Crippen LogP contribution in [0.3, 0.4) is 0 Å². The summed E-state index contributed by atoms with van der Waals surface area (Å²) in [4.78, 5) is 0. The van der Waals surface area contributed by atoms with Crippen molar-refractivity contribution < 1.29 is 18.1 Å². The molecule has 7 nitrogen and oxygen atoms in total. The molecule has 0 spiro atoms. The van der Waals surface area contributed by atoms with E-state index >= 15 is 0 Å². The van der Waals surface area contributed by atoms with Crippen molar-refractivity contribution in [3.63, 3.8) is 0 Å². The summed E-state index contributed by atoms with van der Waals surface area (Å²) >= 11 is 0. The molecule has 4 fully saturated rings. The van der Waals surface area contributed by atoms with Crippen molar-refractivity contribution in [2.75, 3.05) is 26.2 Å². The number of rotatable bonds is 15. The van der Waals surface area contributed by atoms with Crippen molar-refractivity contribution >= 4 is 10.1 Å². The molecule has 0 aromatic heterocycles. The number of aliphatic hydroxyl groups excluding tert-OH is 1. The SMILES string of the molecule is CC(C)C(CC[C@@H](C)C1CCC2C1CC[C@H]1C2[C@H](O)C[C@H]2CC(NCCCNCCCCN)CCC21C)S(=O)(=O)O. The molecule has 0 aliphatic heterocycles. The summed E-state index contributed by atoms with van der Waals surface area (Å²) in [5.74, 6) is 3.95. The number of aliphatic hydroxyl groups is 1. The van der Waals surface area contributed by atoms with E-state index in [4.69, 9.17) is 5.73 Å². The minimum absolute atomic E-state index is 0.0751. The molecular formula is C33H63N3O4S. The number of nitrogens with two attached hydrogens (primary N) is 1. The third kappa shape index (κ3) is 7.89. The number of hydrogen-bond donors (Lipinski definition) is 5. The third-order valence-corrected chi connectivity index (χ3v) is 14.1. The van der Waals surface area contributed by atoms with Gasteiger partial charge in [-0.25, -0.2) is 0 Å². The Balaban J connectivity index is 1.29. The maximum absolute atomic E-state index is 11.9. The largest absolute Gasteiger partial charge is 0.393 e. The van der Waals surface area contributed by atoms with Crippen molar-refractivity contribution in [3.8, 4) is 0 Å². The minimum atomic E-state index is -4.01. The summed E-state index contributed by atoms with van der Waals surface area (Å²) in [5.41, 5.74) is 5.92.